The van der Waals surface area contributed by atoms with Crippen LogP contribution >= 0.6 is 0 Å². The van der Waals surface area contributed by atoms with Crippen LogP contribution in [0, 0.1) is 21.5 Å². The van der Waals surface area contributed by atoms with Crippen LogP contribution in [0.15, 0.2) is 29.2 Å². The second-order valence-corrected chi connectivity index (χ2v) is 3.18. The fourth-order valence-electron chi connectivity index (χ4n) is 1.23. The number of carbonyl (C=O) groups is 1. The number of ether oxygens (including phenoxy) is 1. The van der Waals surface area contributed by atoms with E-state index in [0.717, 1.165) is 6.21 Å². The molecule has 1 rings (SSSR count). The quantitative estimate of drug-likeness (QED) is 0.475. The van der Waals surface area contributed by atoms with Gasteiger partial charge in [0.2, 0.25) is 5.56 Å². The smallest absolute Gasteiger partial charge is 0.814 e. The minimum Gasteiger partial charge on any atom is -0.814 e. The number of carbonyl (C=O) groups excluding carboxylic acids is 1. The molecule has 1 atom stereocenters. The molecular formula is C13H18CrN2O3. The Morgan fingerprint density at radius 2 is 2.16 bits per heavy atom. The van der Waals surface area contributed by atoms with Crippen LogP contribution in [0.3, 0.4) is 0 Å². The van der Waals surface area contributed by atoms with Crippen molar-refractivity contribution in [3.8, 4) is 0 Å². The molecule has 0 spiro atoms. The van der Waals surface area contributed by atoms with Crippen LogP contribution in [0.2, 0.25) is 0 Å². The largest absolute Gasteiger partial charge is 4.00 e. The van der Waals surface area contributed by atoms with E-state index in [1.165, 1.54) is 24.2 Å². The van der Waals surface area contributed by atoms with Gasteiger partial charge in [-0.2, -0.15) is 0 Å². The number of pyridine rings is 1. The molecule has 104 valence electrons. The maximum Gasteiger partial charge on any atom is 4.00 e. The van der Waals surface area contributed by atoms with E-state index in [9.17, 15) is 9.59 Å². The summed E-state index contributed by atoms with van der Waals surface area (Å²) in [7, 11) is 0. The standard InChI is InChI=1S/C11H12N2O3.2CH3.Cr/c1-9(14)16-8-10(5-6-12)13-7-3-2-4-11(13)15;;;/h2-4,6-8,10H,5H2,1H3;2*1H3;/q-2;2*-1;+4. The molecule has 0 radical (unpaired) electrons. The van der Waals surface area contributed by atoms with E-state index in [1.807, 2.05) is 0 Å². The average Bonchev–Trinajstić information content (AvgIpc) is 2.25. The van der Waals surface area contributed by atoms with Gasteiger partial charge in [0, 0.05) is 19.2 Å². The Morgan fingerprint density at radius 1 is 1.53 bits per heavy atom. The molecule has 0 N–H and O–H groups in total. The topological polar surface area (TPSA) is 70.6 Å². The van der Waals surface area contributed by atoms with Crippen LogP contribution in [0.1, 0.15) is 19.4 Å². The molecule has 19 heavy (non-hydrogen) atoms. The Kier molecular flexibility index (Phi) is 14.0. The van der Waals surface area contributed by atoms with Gasteiger partial charge in [0.15, 0.2) is 0 Å². The number of hydrogen-bond acceptors (Lipinski definition) is 3. The zero-order valence-electron chi connectivity index (χ0n) is 11.3. The molecule has 0 amide bonds. The van der Waals surface area contributed by atoms with E-state index in [0.29, 0.717) is 0 Å². The summed E-state index contributed by atoms with van der Waals surface area (Å²) in [5.74, 6) is -0.466. The van der Waals surface area contributed by atoms with E-state index in [1.54, 1.807) is 18.3 Å². The van der Waals surface area contributed by atoms with E-state index in [-0.39, 0.29) is 44.2 Å². The number of aromatic nitrogens is 1. The first kappa shape index (κ1) is 22.8. The Bertz CT molecular complexity index is 432. The van der Waals surface area contributed by atoms with Crippen LogP contribution in [-0.4, -0.2) is 16.8 Å². The molecule has 0 aliphatic heterocycles. The summed E-state index contributed by atoms with van der Waals surface area (Å²) in [6.45, 7) is 2.50. The Hall–Kier alpha value is -1.38. The minimum absolute atomic E-state index is 0. The number of rotatable bonds is 5. The van der Waals surface area contributed by atoms with Gasteiger partial charge in [0.05, 0.1) is 0 Å². The van der Waals surface area contributed by atoms with Crippen molar-refractivity contribution in [3.05, 3.63) is 61.6 Å². The SMILES string of the molecule is CC(=O)O[CH-]C(CC=[N-])n1ccccc1=O.[CH3-].[CH3-].[Cr+4]. The fourth-order valence-corrected chi connectivity index (χ4v) is 1.23. The van der Waals surface area contributed by atoms with Crippen molar-refractivity contribution in [2.24, 2.45) is 0 Å². The van der Waals surface area contributed by atoms with E-state index >= 15 is 0 Å². The third-order valence-corrected chi connectivity index (χ3v) is 1.95. The van der Waals surface area contributed by atoms with Crippen molar-refractivity contribution in [2.75, 3.05) is 0 Å². The fraction of sp³-hybridized carbons (Fsp3) is 0.231. The third kappa shape index (κ3) is 7.60. The Balaban J connectivity index is -0.000000853. The first-order chi connectivity index (χ1) is 7.65. The van der Waals surface area contributed by atoms with Gasteiger partial charge in [-0.3, -0.25) is 9.59 Å². The summed E-state index contributed by atoms with van der Waals surface area (Å²) in [4.78, 5) is 22.1. The van der Waals surface area contributed by atoms with Crippen molar-refractivity contribution in [1.29, 1.82) is 0 Å². The van der Waals surface area contributed by atoms with Gasteiger partial charge in [-0.05, 0) is 6.07 Å². The predicted molar refractivity (Wildman–Crippen MR) is 72.7 cm³/mol. The first-order valence-corrected chi connectivity index (χ1v) is 4.78. The average molecular weight is 302 g/mol. The summed E-state index contributed by atoms with van der Waals surface area (Å²) < 4.78 is 6.08. The minimum atomic E-state index is -0.498. The monoisotopic (exact) mass is 302 g/mol. The molecule has 1 unspecified atom stereocenters. The van der Waals surface area contributed by atoms with Gasteiger partial charge in [0.1, 0.15) is 0 Å². The van der Waals surface area contributed by atoms with Gasteiger partial charge in [-0.15, -0.1) is 6.61 Å². The van der Waals surface area contributed by atoms with Crippen molar-refractivity contribution in [3.63, 3.8) is 0 Å². The number of nitrogens with zero attached hydrogens (tertiary/aromatic N) is 2. The second-order valence-electron chi connectivity index (χ2n) is 3.18. The Labute approximate surface area is 125 Å². The summed E-state index contributed by atoms with van der Waals surface area (Å²) in [6, 6.07) is 4.20. The van der Waals surface area contributed by atoms with Crippen molar-refractivity contribution < 1.29 is 26.9 Å². The van der Waals surface area contributed by atoms with Gasteiger partial charge < -0.3 is 29.6 Å². The zero-order chi connectivity index (χ0) is 12.0. The summed E-state index contributed by atoms with van der Waals surface area (Å²) >= 11 is 0. The molecule has 0 saturated heterocycles. The molecule has 1 aromatic rings. The third-order valence-electron chi connectivity index (χ3n) is 1.95. The molecule has 0 bridgehead atoms. The Morgan fingerprint density at radius 3 is 2.63 bits per heavy atom. The second kappa shape index (κ2) is 11.7. The first-order valence-electron chi connectivity index (χ1n) is 4.78. The molecule has 0 aliphatic carbocycles. The van der Waals surface area contributed by atoms with Crippen LogP contribution in [-0.2, 0) is 26.9 Å². The van der Waals surface area contributed by atoms with Gasteiger partial charge in [-0.1, -0.05) is 18.5 Å². The van der Waals surface area contributed by atoms with Crippen LogP contribution < -0.4 is 5.56 Å². The van der Waals surface area contributed by atoms with Gasteiger partial charge >= 0.3 is 17.4 Å². The molecule has 0 aliphatic rings. The molecule has 0 aromatic carbocycles. The van der Waals surface area contributed by atoms with E-state index in [2.05, 4.69) is 0 Å². The summed E-state index contributed by atoms with van der Waals surface area (Å²) in [5.41, 5.74) is -0.224. The maximum absolute atomic E-state index is 11.5. The van der Waals surface area contributed by atoms with Crippen molar-refractivity contribution >= 4 is 12.2 Å². The van der Waals surface area contributed by atoms with Crippen LogP contribution in [0.25, 0.3) is 5.41 Å². The van der Waals surface area contributed by atoms with Gasteiger partial charge in [-0.25, -0.2) is 6.21 Å². The van der Waals surface area contributed by atoms with E-state index < -0.39 is 12.0 Å². The van der Waals surface area contributed by atoms with Crippen LogP contribution in [0.4, 0.5) is 0 Å². The van der Waals surface area contributed by atoms with Crippen LogP contribution in [0.5, 0.6) is 0 Å². The zero-order valence-corrected chi connectivity index (χ0v) is 12.6. The maximum atomic E-state index is 11.5. The molecule has 0 fully saturated rings. The normalized spacial score (nSPS) is 9.95. The predicted octanol–water partition coefficient (Wildman–Crippen LogP) is 2.04. The number of hydrogen-bond donors (Lipinski definition) is 0. The van der Waals surface area contributed by atoms with E-state index in [4.69, 9.17) is 10.1 Å². The molecular weight excluding hydrogens is 284 g/mol. The molecule has 0 saturated carbocycles. The number of esters is 1. The van der Waals surface area contributed by atoms with Crippen molar-refractivity contribution in [1.82, 2.24) is 4.57 Å². The van der Waals surface area contributed by atoms with Crippen molar-refractivity contribution in [2.45, 2.75) is 19.4 Å². The summed E-state index contributed by atoms with van der Waals surface area (Å²) in [5, 5.41) is 8.75. The van der Waals surface area contributed by atoms with Gasteiger partial charge in [0.25, 0.3) is 5.97 Å². The molecule has 1 aromatic heterocycles. The molecule has 6 heteroatoms. The molecule has 5 nitrogen and oxygen atoms in total. The summed E-state index contributed by atoms with van der Waals surface area (Å²) in [6.07, 6.45) is 2.68. The molecule has 1 heterocycles.